The first-order valence-electron chi connectivity index (χ1n) is 10.5. The number of anilines is 1. The van der Waals surface area contributed by atoms with E-state index in [1.54, 1.807) is 12.3 Å². The molecule has 0 bridgehead atoms. The maximum absolute atomic E-state index is 14.6. The lowest BCUT2D eigenvalue weighted by Crippen LogP contribution is -2.40. The highest BCUT2D eigenvalue weighted by atomic mass is 19.1. The summed E-state index contributed by atoms with van der Waals surface area (Å²) in [5.41, 5.74) is 1.18. The number of halogens is 1. The Kier molecular flexibility index (Phi) is 5.34. The van der Waals surface area contributed by atoms with Crippen LogP contribution in [-0.2, 0) is 22.6 Å². The molecule has 1 aliphatic carbocycles. The molecule has 2 atom stereocenters. The molecule has 4 rings (SSSR count). The van der Waals surface area contributed by atoms with Gasteiger partial charge in [-0.05, 0) is 30.7 Å². The molecule has 2 aromatic rings. The molecule has 0 spiro atoms. The summed E-state index contributed by atoms with van der Waals surface area (Å²) in [6, 6.07) is 1.60. The molecule has 2 aromatic heterocycles. The Bertz CT molecular complexity index is 984. The molecule has 7 nitrogen and oxygen atoms in total. The third kappa shape index (κ3) is 4.22. The maximum atomic E-state index is 14.6. The molecule has 2 amide bonds. The van der Waals surface area contributed by atoms with Crippen molar-refractivity contribution in [3.8, 4) is 11.3 Å². The van der Waals surface area contributed by atoms with Gasteiger partial charge in [0.15, 0.2) is 5.82 Å². The minimum absolute atomic E-state index is 0.0153. The average molecular weight is 413 g/mol. The van der Waals surface area contributed by atoms with Crippen LogP contribution in [-0.4, -0.2) is 32.4 Å². The number of carbonyl (C=O) groups is 2. The number of imidazole rings is 1. The van der Waals surface area contributed by atoms with E-state index in [1.165, 1.54) is 6.92 Å². The minimum Gasteiger partial charge on any atom is -0.354 e. The van der Waals surface area contributed by atoms with Crippen molar-refractivity contribution in [1.29, 1.82) is 0 Å². The zero-order chi connectivity index (χ0) is 21.5. The van der Waals surface area contributed by atoms with Gasteiger partial charge in [-0.3, -0.25) is 9.59 Å². The number of hydrogen-bond donors (Lipinski definition) is 2. The van der Waals surface area contributed by atoms with Gasteiger partial charge in [0.1, 0.15) is 11.6 Å². The van der Waals surface area contributed by atoms with Crippen molar-refractivity contribution in [2.24, 2.45) is 11.3 Å². The largest absolute Gasteiger partial charge is 0.354 e. The Labute approximate surface area is 175 Å². The molecule has 0 saturated heterocycles. The van der Waals surface area contributed by atoms with Gasteiger partial charge in [-0.15, -0.1) is 0 Å². The van der Waals surface area contributed by atoms with Crippen molar-refractivity contribution in [2.75, 3.05) is 5.32 Å². The number of pyridine rings is 1. The quantitative estimate of drug-likeness (QED) is 0.805. The molecule has 8 heteroatoms. The molecule has 0 unspecified atom stereocenters. The number of aromatic nitrogens is 3. The number of nitrogens with one attached hydrogen (secondary N) is 2. The number of nitrogens with zero attached hydrogens (tertiary/aromatic N) is 3. The Balaban J connectivity index is 1.51. The summed E-state index contributed by atoms with van der Waals surface area (Å²) in [6.07, 6.45) is 6.81. The van der Waals surface area contributed by atoms with Gasteiger partial charge in [0.05, 0.1) is 18.1 Å². The molecule has 0 radical (unpaired) electrons. The smallest absolute Gasteiger partial charge is 0.228 e. The van der Waals surface area contributed by atoms with E-state index in [2.05, 4.69) is 34.4 Å². The zero-order valence-electron chi connectivity index (χ0n) is 17.7. The van der Waals surface area contributed by atoms with E-state index in [0.29, 0.717) is 23.5 Å². The Morgan fingerprint density at radius 1 is 1.23 bits per heavy atom. The predicted molar refractivity (Wildman–Crippen MR) is 111 cm³/mol. The second kappa shape index (κ2) is 7.81. The summed E-state index contributed by atoms with van der Waals surface area (Å²) in [6.45, 7) is 6.59. The standard InChI is InChI=1S/C22H28FN5O2/c1-13(29)26-15-6-4-5-14(7-15)21(30)27-19-8-16(17(23)10-24-19)18-11-25-20-9-22(2,3)12-28(18)20/h8,10-11,14-15H,4-7,9,12H2,1-3H3,(H,26,29)(H,24,27,30)/t14-,15+/m0/s1. The Morgan fingerprint density at radius 2 is 2.03 bits per heavy atom. The summed E-state index contributed by atoms with van der Waals surface area (Å²) in [5, 5.41) is 5.74. The molecular weight excluding hydrogens is 385 g/mol. The number of fused-ring (bicyclic) bond motifs is 1. The predicted octanol–water partition coefficient (Wildman–Crippen LogP) is 3.30. The summed E-state index contributed by atoms with van der Waals surface area (Å²) in [7, 11) is 0. The highest BCUT2D eigenvalue weighted by molar-refractivity contribution is 5.92. The van der Waals surface area contributed by atoms with Crippen LogP contribution in [0.5, 0.6) is 0 Å². The molecule has 0 aromatic carbocycles. The van der Waals surface area contributed by atoms with E-state index in [-0.39, 0.29) is 29.2 Å². The van der Waals surface area contributed by atoms with Crippen LogP contribution in [0.4, 0.5) is 10.2 Å². The van der Waals surface area contributed by atoms with Gasteiger partial charge in [0.2, 0.25) is 11.8 Å². The van der Waals surface area contributed by atoms with Gasteiger partial charge in [-0.2, -0.15) is 0 Å². The minimum atomic E-state index is -0.441. The molecule has 1 aliphatic heterocycles. The van der Waals surface area contributed by atoms with Gasteiger partial charge in [-0.1, -0.05) is 20.3 Å². The fraction of sp³-hybridized carbons (Fsp3) is 0.545. The molecule has 3 heterocycles. The monoisotopic (exact) mass is 413 g/mol. The van der Waals surface area contributed by atoms with E-state index < -0.39 is 5.82 Å². The van der Waals surface area contributed by atoms with Crippen molar-refractivity contribution in [3.05, 3.63) is 30.1 Å². The van der Waals surface area contributed by atoms with Crippen LogP contribution >= 0.6 is 0 Å². The van der Waals surface area contributed by atoms with Crippen LogP contribution in [0.25, 0.3) is 11.3 Å². The Hall–Kier alpha value is -2.77. The zero-order valence-corrected chi connectivity index (χ0v) is 17.7. The molecule has 2 aliphatic rings. The lowest BCUT2D eigenvalue weighted by Gasteiger charge is -2.28. The highest BCUT2D eigenvalue weighted by Crippen LogP contribution is 2.36. The van der Waals surface area contributed by atoms with Crippen LogP contribution in [0.1, 0.15) is 52.3 Å². The average Bonchev–Trinajstić information content (AvgIpc) is 3.18. The summed E-state index contributed by atoms with van der Waals surface area (Å²) < 4.78 is 16.6. The fourth-order valence-electron chi connectivity index (χ4n) is 4.64. The third-order valence-corrected chi connectivity index (χ3v) is 6.00. The van der Waals surface area contributed by atoms with Crippen molar-refractivity contribution >= 4 is 17.6 Å². The van der Waals surface area contributed by atoms with Crippen molar-refractivity contribution < 1.29 is 14.0 Å². The van der Waals surface area contributed by atoms with Gasteiger partial charge in [0, 0.05) is 37.4 Å². The number of hydrogen-bond acceptors (Lipinski definition) is 4. The first kappa shape index (κ1) is 20.5. The van der Waals surface area contributed by atoms with Crippen LogP contribution in [0.3, 0.4) is 0 Å². The first-order chi connectivity index (χ1) is 14.2. The van der Waals surface area contributed by atoms with E-state index in [1.807, 2.05) is 4.57 Å². The van der Waals surface area contributed by atoms with Gasteiger partial charge < -0.3 is 15.2 Å². The molecule has 1 fully saturated rings. The van der Waals surface area contributed by atoms with Crippen LogP contribution in [0.2, 0.25) is 0 Å². The highest BCUT2D eigenvalue weighted by Gasteiger charge is 2.32. The van der Waals surface area contributed by atoms with E-state index in [4.69, 9.17) is 0 Å². The van der Waals surface area contributed by atoms with E-state index in [0.717, 1.165) is 44.2 Å². The van der Waals surface area contributed by atoms with Crippen molar-refractivity contribution in [3.63, 3.8) is 0 Å². The van der Waals surface area contributed by atoms with Crippen molar-refractivity contribution in [1.82, 2.24) is 19.9 Å². The lowest BCUT2D eigenvalue weighted by atomic mass is 9.85. The van der Waals surface area contributed by atoms with E-state index in [9.17, 15) is 14.0 Å². The SMILES string of the molecule is CC(=O)N[C@@H]1CCC[C@H](C(=O)Nc2cc(-c3cnc4n3CC(C)(C)C4)c(F)cn2)C1. The second-order valence-electron chi connectivity index (χ2n) is 9.29. The number of rotatable bonds is 4. The normalized spacial score (nSPS) is 22.4. The number of carbonyl (C=O) groups excluding carboxylic acids is 2. The molecule has 2 N–H and O–H groups in total. The number of amides is 2. The third-order valence-electron chi connectivity index (χ3n) is 6.00. The molecule has 30 heavy (non-hydrogen) atoms. The molecule has 1 saturated carbocycles. The van der Waals surface area contributed by atoms with Gasteiger partial charge in [-0.25, -0.2) is 14.4 Å². The van der Waals surface area contributed by atoms with Gasteiger partial charge in [0.25, 0.3) is 0 Å². The fourth-order valence-corrected chi connectivity index (χ4v) is 4.64. The van der Waals surface area contributed by atoms with Gasteiger partial charge >= 0.3 is 0 Å². The van der Waals surface area contributed by atoms with Crippen LogP contribution < -0.4 is 10.6 Å². The van der Waals surface area contributed by atoms with Crippen LogP contribution in [0, 0.1) is 17.2 Å². The molecule has 160 valence electrons. The first-order valence-corrected chi connectivity index (χ1v) is 10.5. The summed E-state index contributed by atoms with van der Waals surface area (Å²) in [5.74, 6) is 0.403. The Morgan fingerprint density at radius 3 is 2.80 bits per heavy atom. The maximum Gasteiger partial charge on any atom is 0.228 e. The van der Waals surface area contributed by atoms with Crippen molar-refractivity contribution in [2.45, 2.75) is 65.5 Å². The topological polar surface area (TPSA) is 88.9 Å². The second-order valence-corrected chi connectivity index (χ2v) is 9.29. The van der Waals surface area contributed by atoms with Crippen LogP contribution in [0.15, 0.2) is 18.5 Å². The summed E-state index contributed by atoms with van der Waals surface area (Å²) in [4.78, 5) is 32.6. The van der Waals surface area contributed by atoms with E-state index >= 15 is 0 Å². The lowest BCUT2D eigenvalue weighted by molar-refractivity contribution is -0.123. The molecular formula is C22H28FN5O2. The summed E-state index contributed by atoms with van der Waals surface area (Å²) >= 11 is 0.